The van der Waals surface area contributed by atoms with Crippen molar-refractivity contribution in [3.63, 3.8) is 0 Å². The molecule has 1 aliphatic rings. The minimum Gasteiger partial charge on any atom is -0.505 e. The Balaban J connectivity index is 0.000000654. The van der Waals surface area contributed by atoms with Crippen LogP contribution in [-0.2, 0) is 15.7 Å². The Morgan fingerprint density at radius 1 is 1.03 bits per heavy atom. The van der Waals surface area contributed by atoms with E-state index < -0.39 is 21.8 Å². The third-order valence-electron chi connectivity index (χ3n) is 5.42. The summed E-state index contributed by atoms with van der Waals surface area (Å²) in [6.45, 7) is 3.19. The van der Waals surface area contributed by atoms with Crippen LogP contribution in [0.25, 0.3) is 0 Å². The van der Waals surface area contributed by atoms with Crippen LogP contribution in [0.1, 0.15) is 37.0 Å². The van der Waals surface area contributed by atoms with Crippen LogP contribution in [-0.4, -0.2) is 58.6 Å². The van der Waals surface area contributed by atoms with E-state index in [0.717, 1.165) is 5.56 Å². The van der Waals surface area contributed by atoms with E-state index in [1.165, 1.54) is 12.1 Å². The minimum atomic E-state index is -3.67. The Morgan fingerprint density at radius 2 is 1.47 bits per heavy atom. The predicted molar refractivity (Wildman–Crippen MR) is 126 cm³/mol. The molecular weight excluding hydrogens is 501 g/mol. The van der Waals surface area contributed by atoms with Crippen molar-refractivity contribution in [2.24, 2.45) is 0 Å². The fourth-order valence-corrected chi connectivity index (χ4v) is 4.21. The fourth-order valence-electron chi connectivity index (χ4n) is 3.58. The molecule has 0 saturated carbocycles. The van der Waals surface area contributed by atoms with Gasteiger partial charge in [0.2, 0.25) is 0 Å². The van der Waals surface area contributed by atoms with Gasteiger partial charge in [0.15, 0.2) is 5.75 Å². The largest absolute Gasteiger partial charge is 0.505 e. The third kappa shape index (κ3) is 7.46. The number of rotatable bonds is 4. The molecule has 1 saturated heterocycles. The maximum absolute atomic E-state index is 11.0. The van der Waals surface area contributed by atoms with Crippen LogP contribution in [0.2, 0.25) is 15.1 Å². The van der Waals surface area contributed by atoms with Gasteiger partial charge in [-0.2, -0.15) is 8.42 Å². The van der Waals surface area contributed by atoms with E-state index in [2.05, 4.69) is 4.90 Å². The highest BCUT2D eigenvalue weighted by Gasteiger charge is 2.36. The van der Waals surface area contributed by atoms with Crippen molar-refractivity contribution in [2.75, 3.05) is 19.3 Å². The predicted octanol–water partition coefficient (Wildman–Crippen LogP) is 4.26. The standard InChI is InChI=1S/C20H22Cl3NO3.CH4O3S/c1-12(18(25)13-10-16(22)19(26)17(23)11-13)24-8-6-20(27,7-9-24)14-2-4-15(21)5-3-14;1-5(2,3)4/h2-5,10-12,18,25-27H,6-9H2,1H3;1H3,(H,2,3,4). The summed E-state index contributed by atoms with van der Waals surface area (Å²) in [5.41, 5.74) is 0.516. The molecule has 3 rings (SSSR count). The Morgan fingerprint density at radius 3 is 1.91 bits per heavy atom. The number of likely N-dealkylation sites (tertiary alicyclic amines) is 1. The number of nitrogens with zero attached hydrogens (tertiary/aromatic N) is 1. The Hall–Kier alpha value is -1.10. The summed E-state index contributed by atoms with van der Waals surface area (Å²) in [6, 6.07) is 10.1. The SMILES string of the molecule is CC(C(O)c1cc(Cl)c(O)c(Cl)c1)N1CCC(O)(c2ccc(Cl)cc2)CC1.CS(=O)(=O)O. The second-order valence-corrected chi connectivity index (χ2v) is 10.5. The van der Waals surface area contributed by atoms with Gasteiger partial charge >= 0.3 is 0 Å². The molecule has 4 N–H and O–H groups in total. The molecule has 11 heteroatoms. The van der Waals surface area contributed by atoms with Gasteiger partial charge in [0.1, 0.15) is 0 Å². The molecule has 0 spiro atoms. The number of hydrogen-bond acceptors (Lipinski definition) is 6. The molecule has 2 aromatic carbocycles. The maximum atomic E-state index is 11.0. The van der Waals surface area contributed by atoms with Crippen molar-refractivity contribution in [1.82, 2.24) is 4.90 Å². The molecule has 1 aliphatic heterocycles. The fraction of sp³-hybridized carbons (Fsp3) is 0.429. The lowest BCUT2D eigenvalue weighted by molar-refractivity contribution is -0.0501. The highest BCUT2D eigenvalue weighted by Crippen LogP contribution is 2.38. The van der Waals surface area contributed by atoms with Crippen LogP contribution in [0.4, 0.5) is 0 Å². The average Bonchev–Trinajstić information content (AvgIpc) is 2.70. The van der Waals surface area contributed by atoms with Crippen LogP contribution in [0.3, 0.4) is 0 Å². The van der Waals surface area contributed by atoms with Crippen molar-refractivity contribution in [2.45, 2.75) is 37.5 Å². The summed E-state index contributed by atoms with van der Waals surface area (Å²) < 4.78 is 25.9. The second-order valence-electron chi connectivity index (χ2n) is 7.83. The normalized spacial score (nSPS) is 18.4. The van der Waals surface area contributed by atoms with Gasteiger partial charge in [-0.05, 0) is 55.2 Å². The van der Waals surface area contributed by atoms with Gasteiger partial charge in [0, 0.05) is 24.2 Å². The van der Waals surface area contributed by atoms with Gasteiger partial charge in [-0.3, -0.25) is 9.45 Å². The van der Waals surface area contributed by atoms with Crippen molar-refractivity contribution in [3.05, 3.63) is 62.6 Å². The number of hydrogen-bond donors (Lipinski definition) is 4. The van der Waals surface area contributed by atoms with Crippen LogP contribution in [0.5, 0.6) is 5.75 Å². The first kappa shape index (κ1) is 27.1. The molecule has 178 valence electrons. The van der Waals surface area contributed by atoms with Crippen molar-refractivity contribution < 1.29 is 28.3 Å². The highest BCUT2D eigenvalue weighted by atomic mass is 35.5. The highest BCUT2D eigenvalue weighted by molar-refractivity contribution is 7.85. The molecule has 0 aliphatic carbocycles. The molecule has 0 amide bonds. The van der Waals surface area contributed by atoms with Crippen LogP contribution < -0.4 is 0 Å². The number of piperidine rings is 1. The van der Waals surface area contributed by atoms with E-state index in [1.54, 1.807) is 12.1 Å². The summed E-state index contributed by atoms with van der Waals surface area (Å²) in [4.78, 5) is 2.13. The topological polar surface area (TPSA) is 118 Å². The molecule has 1 fully saturated rings. The van der Waals surface area contributed by atoms with Gasteiger partial charge < -0.3 is 15.3 Å². The van der Waals surface area contributed by atoms with Gasteiger partial charge in [0.05, 0.1) is 28.0 Å². The van der Waals surface area contributed by atoms with Crippen LogP contribution in [0, 0.1) is 0 Å². The molecule has 0 aromatic heterocycles. The molecule has 0 bridgehead atoms. The molecule has 2 atom stereocenters. The lowest BCUT2D eigenvalue weighted by atomic mass is 9.83. The number of aliphatic hydroxyl groups is 2. The first-order valence-electron chi connectivity index (χ1n) is 9.72. The van der Waals surface area contributed by atoms with Crippen LogP contribution in [0.15, 0.2) is 36.4 Å². The van der Waals surface area contributed by atoms with E-state index in [-0.39, 0.29) is 21.8 Å². The van der Waals surface area contributed by atoms with E-state index >= 15 is 0 Å². The van der Waals surface area contributed by atoms with E-state index in [0.29, 0.717) is 42.8 Å². The number of benzene rings is 2. The van der Waals surface area contributed by atoms with E-state index in [1.807, 2.05) is 19.1 Å². The first-order valence-corrected chi connectivity index (χ1v) is 12.7. The number of aromatic hydroxyl groups is 1. The van der Waals surface area contributed by atoms with Gasteiger partial charge in [0.25, 0.3) is 10.1 Å². The minimum absolute atomic E-state index is 0.111. The lowest BCUT2D eigenvalue weighted by Gasteiger charge is -2.42. The molecule has 7 nitrogen and oxygen atoms in total. The third-order valence-corrected chi connectivity index (χ3v) is 6.25. The molecule has 2 unspecified atom stereocenters. The number of aliphatic hydroxyl groups excluding tert-OH is 1. The summed E-state index contributed by atoms with van der Waals surface area (Å²) in [5.74, 6) is -0.187. The summed E-state index contributed by atoms with van der Waals surface area (Å²) in [7, 11) is -3.67. The zero-order chi connectivity index (χ0) is 24.3. The monoisotopic (exact) mass is 525 g/mol. The van der Waals surface area contributed by atoms with Crippen LogP contribution >= 0.6 is 34.8 Å². The lowest BCUT2D eigenvalue weighted by Crippen LogP contribution is -2.47. The van der Waals surface area contributed by atoms with E-state index in [9.17, 15) is 23.7 Å². The number of halogens is 3. The van der Waals surface area contributed by atoms with E-state index in [4.69, 9.17) is 39.4 Å². The zero-order valence-electron chi connectivity index (χ0n) is 17.5. The summed E-state index contributed by atoms with van der Waals surface area (Å²) in [6.07, 6.45) is 1.01. The first-order chi connectivity index (χ1) is 14.7. The van der Waals surface area contributed by atoms with Crippen molar-refractivity contribution >= 4 is 44.9 Å². The molecule has 32 heavy (non-hydrogen) atoms. The smallest absolute Gasteiger partial charge is 0.261 e. The maximum Gasteiger partial charge on any atom is 0.261 e. The van der Waals surface area contributed by atoms with Gasteiger partial charge in [-0.1, -0.05) is 46.9 Å². The number of phenols is 1. The summed E-state index contributed by atoms with van der Waals surface area (Å²) >= 11 is 17.9. The van der Waals surface area contributed by atoms with Crippen molar-refractivity contribution in [1.29, 1.82) is 0 Å². The Kier molecular flexibility index (Phi) is 9.23. The molecular formula is C21H26Cl3NO6S. The van der Waals surface area contributed by atoms with Gasteiger partial charge in [-0.15, -0.1) is 0 Å². The second kappa shape index (κ2) is 10.9. The average molecular weight is 527 g/mol. The quantitative estimate of drug-likeness (QED) is 0.440. The zero-order valence-corrected chi connectivity index (χ0v) is 20.6. The van der Waals surface area contributed by atoms with Crippen molar-refractivity contribution in [3.8, 4) is 5.75 Å². The summed E-state index contributed by atoms with van der Waals surface area (Å²) in [5, 5.41) is 32.3. The molecule has 0 radical (unpaired) electrons. The molecule has 1 heterocycles. The van der Waals surface area contributed by atoms with Gasteiger partial charge in [-0.25, -0.2) is 0 Å². The Labute approximate surface area is 202 Å². The molecule has 2 aromatic rings. The number of phenolic OH excluding ortho intramolecular Hbond substituents is 1. The Bertz CT molecular complexity index is 993.